The van der Waals surface area contributed by atoms with Crippen molar-refractivity contribution in [2.24, 2.45) is 0 Å². The molecular formula is C18H24ClNO7. The zero-order chi connectivity index (χ0) is 19.3. The summed E-state index contributed by atoms with van der Waals surface area (Å²) in [4.78, 5) is 1.95. The standard InChI is InChI=1S/C18H24ClNO7/c1-20-7-11(21)15-12(20)14(9-3-5-10(24-2)6-4-9)25-8-18(19)16(23)13(22)17(26-15)27-18/h3-6,11-17,21-23H,7-8H2,1-2H3. The molecule has 0 saturated carbocycles. The summed E-state index contributed by atoms with van der Waals surface area (Å²) in [6, 6.07) is 7.07. The minimum absolute atomic E-state index is 0.156. The molecule has 3 fully saturated rings. The van der Waals surface area contributed by atoms with Crippen LogP contribution in [0.3, 0.4) is 0 Å². The lowest BCUT2D eigenvalue weighted by molar-refractivity contribution is -0.209. The number of likely N-dealkylation sites (N-methyl/N-ethyl adjacent to an activating group) is 1. The van der Waals surface area contributed by atoms with Crippen molar-refractivity contribution >= 4 is 11.6 Å². The highest BCUT2D eigenvalue weighted by molar-refractivity contribution is 6.23. The fraction of sp³-hybridized carbons (Fsp3) is 0.667. The summed E-state index contributed by atoms with van der Waals surface area (Å²) in [5, 5.41) is 29.4. The number of hydrogen-bond donors (Lipinski definition) is 3. The van der Waals surface area contributed by atoms with E-state index in [2.05, 4.69) is 0 Å². The molecule has 1 aromatic carbocycles. The van der Waals surface area contributed by atoms with Gasteiger partial charge in [0, 0.05) is 6.54 Å². The van der Waals surface area contributed by atoms with Gasteiger partial charge in [0.25, 0.3) is 0 Å². The Morgan fingerprint density at radius 2 is 1.93 bits per heavy atom. The maximum Gasteiger partial charge on any atom is 0.196 e. The Balaban J connectivity index is 1.71. The summed E-state index contributed by atoms with van der Waals surface area (Å²) < 4.78 is 22.8. The molecule has 0 spiro atoms. The first-order valence-electron chi connectivity index (χ1n) is 8.86. The lowest BCUT2D eigenvalue weighted by Gasteiger charge is -2.35. The summed E-state index contributed by atoms with van der Waals surface area (Å²) in [6.07, 6.45) is -5.85. The van der Waals surface area contributed by atoms with E-state index in [1.807, 2.05) is 36.2 Å². The van der Waals surface area contributed by atoms with Crippen molar-refractivity contribution in [3.05, 3.63) is 29.8 Å². The first-order chi connectivity index (χ1) is 12.8. The molecule has 3 heterocycles. The molecular weight excluding hydrogens is 378 g/mol. The topological polar surface area (TPSA) is 101 Å². The van der Waals surface area contributed by atoms with E-state index >= 15 is 0 Å². The lowest BCUT2D eigenvalue weighted by atomic mass is 9.96. The van der Waals surface area contributed by atoms with Crippen LogP contribution in [0.25, 0.3) is 0 Å². The maximum absolute atomic E-state index is 10.5. The van der Waals surface area contributed by atoms with Crippen LogP contribution in [0.15, 0.2) is 24.3 Å². The highest BCUT2D eigenvalue weighted by Gasteiger charge is 2.58. The molecule has 3 saturated heterocycles. The van der Waals surface area contributed by atoms with Gasteiger partial charge in [0.1, 0.15) is 30.2 Å². The van der Waals surface area contributed by atoms with E-state index in [9.17, 15) is 15.3 Å². The number of aliphatic hydroxyl groups is 3. The zero-order valence-electron chi connectivity index (χ0n) is 15.1. The molecule has 27 heavy (non-hydrogen) atoms. The van der Waals surface area contributed by atoms with Gasteiger partial charge >= 0.3 is 0 Å². The summed E-state index contributed by atoms with van der Waals surface area (Å²) in [7, 11) is 3.46. The summed E-state index contributed by atoms with van der Waals surface area (Å²) in [5.41, 5.74) is 0.850. The summed E-state index contributed by atoms with van der Waals surface area (Å²) >= 11 is 6.39. The van der Waals surface area contributed by atoms with Gasteiger partial charge in [0.05, 0.1) is 25.9 Å². The number of rotatable bonds is 2. The first-order valence-corrected chi connectivity index (χ1v) is 9.24. The molecule has 0 radical (unpaired) electrons. The molecule has 150 valence electrons. The number of benzene rings is 1. The second kappa shape index (κ2) is 7.13. The molecule has 1 aromatic rings. The fourth-order valence-electron chi connectivity index (χ4n) is 4.08. The van der Waals surface area contributed by atoms with Crippen molar-refractivity contribution in [3.63, 3.8) is 0 Å². The van der Waals surface area contributed by atoms with Crippen molar-refractivity contribution in [2.45, 2.75) is 47.9 Å². The highest BCUT2D eigenvalue weighted by atomic mass is 35.5. The molecule has 0 aromatic heterocycles. The molecule has 8 atom stereocenters. The van der Waals surface area contributed by atoms with Crippen LogP contribution in [0.1, 0.15) is 11.7 Å². The van der Waals surface area contributed by atoms with Gasteiger partial charge in [0.15, 0.2) is 11.4 Å². The number of nitrogens with zero attached hydrogens (tertiary/aromatic N) is 1. The minimum Gasteiger partial charge on any atom is -0.497 e. The number of alkyl halides is 1. The molecule has 3 aliphatic heterocycles. The van der Waals surface area contributed by atoms with E-state index in [0.717, 1.165) is 5.56 Å². The molecule has 2 bridgehead atoms. The minimum atomic E-state index is -1.63. The van der Waals surface area contributed by atoms with Gasteiger partial charge in [-0.2, -0.15) is 0 Å². The Hall–Kier alpha value is -0.970. The predicted molar refractivity (Wildman–Crippen MR) is 94.5 cm³/mol. The molecule has 0 amide bonds. The van der Waals surface area contributed by atoms with Gasteiger partial charge in [-0.05, 0) is 24.7 Å². The van der Waals surface area contributed by atoms with Crippen molar-refractivity contribution in [2.75, 3.05) is 27.3 Å². The van der Waals surface area contributed by atoms with Crippen LogP contribution in [0, 0.1) is 0 Å². The monoisotopic (exact) mass is 401 g/mol. The van der Waals surface area contributed by atoms with Gasteiger partial charge in [-0.3, -0.25) is 4.90 Å². The van der Waals surface area contributed by atoms with Crippen molar-refractivity contribution in [1.82, 2.24) is 4.90 Å². The van der Waals surface area contributed by atoms with E-state index in [1.54, 1.807) is 7.11 Å². The van der Waals surface area contributed by atoms with Crippen LogP contribution in [0.5, 0.6) is 5.75 Å². The van der Waals surface area contributed by atoms with Crippen molar-refractivity contribution in [3.8, 4) is 5.75 Å². The Labute approximate surface area is 162 Å². The average Bonchev–Trinajstić information content (AvgIpc) is 3.07. The van der Waals surface area contributed by atoms with Crippen molar-refractivity contribution in [1.29, 1.82) is 0 Å². The number of β-amino-alcohol motifs (C(OH)–C–C–N with tert-alkyl or cyclic N) is 1. The number of aliphatic hydroxyl groups excluding tert-OH is 3. The number of halogens is 1. The molecule has 8 unspecified atom stereocenters. The molecule has 0 aliphatic carbocycles. The normalized spacial score (nSPS) is 45.0. The van der Waals surface area contributed by atoms with Crippen LogP contribution in [0.4, 0.5) is 0 Å². The molecule has 9 heteroatoms. The maximum atomic E-state index is 10.5. The van der Waals surface area contributed by atoms with Crippen molar-refractivity contribution < 1.29 is 34.3 Å². The molecule has 8 nitrogen and oxygen atoms in total. The molecule has 4 rings (SSSR count). The SMILES string of the molecule is COc1ccc(C2OCC3(Cl)OC(OC4C(O)CN(C)C24)C(O)C3O)cc1. The second-order valence-corrected chi connectivity index (χ2v) is 7.95. The van der Waals surface area contributed by atoms with Crippen LogP contribution in [-0.4, -0.2) is 89.3 Å². The average molecular weight is 402 g/mol. The Morgan fingerprint density at radius 3 is 2.59 bits per heavy atom. The van der Waals surface area contributed by atoms with Gasteiger partial charge in [0.2, 0.25) is 0 Å². The van der Waals surface area contributed by atoms with Crippen LogP contribution in [0.2, 0.25) is 0 Å². The van der Waals surface area contributed by atoms with Crippen LogP contribution in [-0.2, 0) is 14.2 Å². The van der Waals surface area contributed by atoms with Crippen LogP contribution < -0.4 is 4.74 Å². The van der Waals surface area contributed by atoms with E-state index < -0.39 is 41.9 Å². The number of likely N-dealkylation sites (tertiary alicyclic amines) is 1. The number of ether oxygens (including phenoxy) is 4. The summed E-state index contributed by atoms with van der Waals surface area (Å²) in [5.74, 6) is 0.712. The lowest BCUT2D eigenvalue weighted by Crippen LogP contribution is -2.48. The fourth-order valence-corrected chi connectivity index (χ4v) is 4.36. The largest absolute Gasteiger partial charge is 0.497 e. The zero-order valence-corrected chi connectivity index (χ0v) is 15.8. The smallest absolute Gasteiger partial charge is 0.196 e. The molecule has 3 aliphatic rings. The Morgan fingerprint density at radius 1 is 1.22 bits per heavy atom. The number of hydrogen-bond acceptors (Lipinski definition) is 8. The van der Waals surface area contributed by atoms with E-state index in [4.69, 9.17) is 30.5 Å². The first kappa shape index (κ1) is 19.4. The molecule has 3 N–H and O–H groups in total. The predicted octanol–water partition coefficient (Wildman–Crippen LogP) is -0.160. The Kier molecular flexibility index (Phi) is 5.11. The van der Waals surface area contributed by atoms with E-state index in [0.29, 0.717) is 12.3 Å². The highest BCUT2D eigenvalue weighted by Crippen LogP contribution is 2.43. The third kappa shape index (κ3) is 3.24. The quantitative estimate of drug-likeness (QED) is 0.588. The number of fused-ring (bicyclic) bond motifs is 3. The van der Waals surface area contributed by atoms with Gasteiger partial charge in [-0.25, -0.2) is 0 Å². The Bertz CT molecular complexity index is 676. The number of methoxy groups -OCH3 is 1. The third-order valence-electron chi connectivity index (χ3n) is 5.56. The van der Waals surface area contributed by atoms with E-state index in [-0.39, 0.29) is 12.6 Å². The third-order valence-corrected chi connectivity index (χ3v) is 5.98. The van der Waals surface area contributed by atoms with Gasteiger partial charge in [-0.15, -0.1) is 0 Å². The van der Waals surface area contributed by atoms with Gasteiger partial charge in [-0.1, -0.05) is 23.7 Å². The second-order valence-electron chi connectivity index (χ2n) is 7.31. The van der Waals surface area contributed by atoms with Gasteiger partial charge < -0.3 is 34.3 Å². The van der Waals surface area contributed by atoms with E-state index in [1.165, 1.54) is 0 Å². The van der Waals surface area contributed by atoms with Crippen LogP contribution >= 0.6 is 11.6 Å². The summed E-state index contributed by atoms with van der Waals surface area (Å²) in [6.45, 7) is 0.221.